The van der Waals surface area contributed by atoms with Crippen LogP contribution in [0, 0.1) is 5.92 Å². The van der Waals surface area contributed by atoms with Crippen molar-refractivity contribution in [2.24, 2.45) is 5.92 Å². The molecule has 0 aliphatic rings. The third kappa shape index (κ3) is 7.46. The van der Waals surface area contributed by atoms with Gasteiger partial charge in [-0.2, -0.15) is 0 Å². The van der Waals surface area contributed by atoms with Gasteiger partial charge in [0.25, 0.3) is 0 Å². The number of benzene rings is 1. The second kappa shape index (κ2) is 9.13. The van der Waals surface area contributed by atoms with Crippen LogP contribution in [-0.2, 0) is 20.9 Å². The van der Waals surface area contributed by atoms with Crippen molar-refractivity contribution < 1.29 is 19.4 Å². The molecule has 5 nitrogen and oxygen atoms in total. The number of hydrogen-bond donors (Lipinski definition) is 2. The maximum atomic E-state index is 11.9. The van der Waals surface area contributed by atoms with Crippen molar-refractivity contribution in [3.05, 3.63) is 35.9 Å². The highest BCUT2D eigenvalue weighted by molar-refractivity contribution is 5.80. The number of ether oxygens (including phenoxy) is 1. The van der Waals surface area contributed by atoms with Gasteiger partial charge in [0, 0.05) is 13.0 Å². The summed E-state index contributed by atoms with van der Waals surface area (Å²) in [5.74, 6) is -0.854. The molecule has 0 bridgehead atoms. The van der Waals surface area contributed by atoms with Crippen molar-refractivity contribution in [3.63, 3.8) is 0 Å². The van der Waals surface area contributed by atoms with Gasteiger partial charge in [0.15, 0.2) is 0 Å². The Hall–Kier alpha value is -1.88. The number of rotatable bonds is 9. The molecule has 0 saturated heterocycles. The molecule has 5 heteroatoms. The van der Waals surface area contributed by atoms with E-state index in [1.807, 2.05) is 37.3 Å². The van der Waals surface area contributed by atoms with Crippen LogP contribution in [0.4, 0.5) is 0 Å². The van der Waals surface area contributed by atoms with Gasteiger partial charge < -0.3 is 15.2 Å². The molecule has 1 rings (SSSR count). The van der Waals surface area contributed by atoms with E-state index in [0.29, 0.717) is 19.6 Å². The van der Waals surface area contributed by atoms with Gasteiger partial charge in [-0.3, -0.25) is 9.59 Å². The molecule has 116 valence electrons. The summed E-state index contributed by atoms with van der Waals surface area (Å²) in [4.78, 5) is 22.3. The van der Waals surface area contributed by atoms with Crippen LogP contribution in [0.2, 0.25) is 0 Å². The fraction of sp³-hybridized carbons (Fsp3) is 0.500. The number of carboxylic acid groups (broad SMARTS) is 1. The van der Waals surface area contributed by atoms with Gasteiger partial charge in [0.2, 0.25) is 5.91 Å². The van der Waals surface area contributed by atoms with Gasteiger partial charge in [0.05, 0.1) is 6.61 Å². The fourth-order valence-corrected chi connectivity index (χ4v) is 1.76. The molecule has 0 fully saturated rings. The zero-order valence-corrected chi connectivity index (χ0v) is 12.5. The molecule has 21 heavy (non-hydrogen) atoms. The van der Waals surface area contributed by atoms with Crippen molar-refractivity contribution >= 4 is 11.9 Å². The van der Waals surface area contributed by atoms with Gasteiger partial charge in [-0.25, -0.2) is 0 Å². The number of carbonyl (C=O) groups excluding carboxylic acids is 1. The second-order valence-electron chi connectivity index (χ2n) is 5.22. The van der Waals surface area contributed by atoms with E-state index in [0.717, 1.165) is 5.56 Å². The average Bonchev–Trinajstić information content (AvgIpc) is 2.49. The first kappa shape index (κ1) is 17.2. The normalized spacial score (nSPS) is 13.4. The molecule has 0 aliphatic carbocycles. The number of hydrogen-bond acceptors (Lipinski definition) is 3. The molecule has 0 spiro atoms. The van der Waals surface area contributed by atoms with Crippen LogP contribution in [0.3, 0.4) is 0 Å². The van der Waals surface area contributed by atoms with Crippen LogP contribution in [0.25, 0.3) is 0 Å². The van der Waals surface area contributed by atoms with E-state index in [1.54, 1.807) is 6.92 Å². The molecule has 2 N–H and O–H groups in total. The molecule has 1 aromatic carbocycles. The summed E-state index contributed by atoms with van der Waals surface area (Å²) in [6.45, 7) is 4.48. The highest BCUT2D eigenvalue weighted by atomic mass is 16.5. The van der Waals surface area contributed by atoms with Gasteiger partial charge >= 0.3 is 5.97 Å². The minimum atomic E-state index is -0.812. The highest BCUT2D eigenvalue weighted by Crippen LogP contribution is 2.06. The van der Waals surface area contributed by atoms with Gasteiger partial charge in [-0.05, 0) is 24.8 Å². The first-order valence-corrected chi connectivity index (χ1v) is 7.14. The summed E-state index contributed by atoms with van der Waals surface area (Å²) in [7, 11) is 0. The van der Waals surface area contributed by atoms with Crippen molar-refractivity contribution in [3.8, 4) is 0 Å². The Balaban J connectivity index is 2.23. The van der Waals surface area contributed by atoms with E-state index in [2.05, 4.69) is 5.32 Å². The van der Waals surface area contributed by atoms with E-state index in [1.165, 1.54) is 0 Å². The average molecular weight is 293 g/mol. The van der Waals surface area contributed by atoms with Crippen LogP contribution in [-0.4, -0.2) is 29.6 Å². The summed E-state index contributed by atoms with van der Waals surface area (Å²) >= 11 is 0. The third-order valence-corrected chi connectivity index (χ3v) is 3.19. The molecule has 2 unspecified atom stereocenters. The summed E-state index contributed by atoms with van der Waals surface area (Å²) in [5.41, 5.74) is 1.02. The summed E-state index contributed by atoms with van der Waals surface area (Å²) in [5, 5.41) is 11.4. The molecule has 1 aromatic rings. The van der Waals surface area contributed by atoms with Crippen molar-refractivity contribution in [2.45, 2.75) is 39.4 Å². The predicted octanol–water partition coefficient (Wildman–Crippen LogP) is 2.21. The van der Waals surface area contributed by atoms with Crippen LogP contribution in [0.5, 0.6) is 0 Å². The molecule has 0 heterocycles. The van der Waals surface area contributed by atoms with Crippen LogP contribution in [0.15, 0.2) is 30.3 Å². The summed E-state index contributed by atoms with van der Waals surface area (Å²) < 4.78 is 5.51. The maximum Gasteiger partial charge on any atom is 0.303 e. The largest absolute Gasteiger partial charge is 0.481 e. The lowest BCUT2D eigenvalue weighted by Crippen LogP contribution is -2.37. The van der Waals surface area contributed by atoms with Gasteiger partial charge in [0.1, 0.15) is 6.10 Å². The predicted molar refractivity (Wildman–Crippen MR) is 79.7 cm³/mol. The van der Waals surface area contributed by atoms with E-state index in [4.69, 9.17) is 9.84 Å². The first-order valence-electron chi connectivity index (χ1n) is 7.14. The SMILES string of the molecule is CC(CCC(=O)O)CNC(=O)C(C)OCc1ccccc1. The molecular weight excluding hydrogens is 270 g/mol. The Bertz CT molecular complexity index is 447. The third-order valence-electron chi connectivity index (χ3n) is 3.19. The molecule has 2 atom stereocenters. The molecular formula is C16H23NO4. The maximum absolute atomic E-state index is 11.9. The Kier molecular flexibility index (Phi) is 7.46. The smallest absolute Gasteiger partial charge is 0.303 e. The van der Waals surface area contributed by atoms with E-state index in [9.17, 15) is 9.59 Å². The van der Waals surface area contributed by atoms with Crippen molar-refractivity contribution in [1.82, 2.24) is 5.32 Å². The van der Waals surface area contributed by atoms with Crippen LogP contribution >= 0.6 is 0 Å². The molecule has 0 aromatic heterocycles. The number of carbonyl (C=O) groups is 2. The van der Waals surface area contributed by atoms with Crippen LogP contribution < -0.4 is 5.32 Å². The Morgan fingerprint density at radius 2 is 1.90 bits per heavy atom. The fourth-order valence-electron chi connectivity index (χ4n) is 1.76. The van der Waals surface area contributed by atoms with Crippen molar-refractivity contribution in [2.75, 3.05) is 6.54 Å². The lowest BCUT2D eigenvalue weighted by molar-refractivity contribution is -0.137. The quantitative estimate of drug-likeness (QED) is 0.732. The minimum absolute atomic E-state index is 0.122. The van der Waals surface area contributed by atoms with Crippen LogP contribution in [0.1, 0.15) is 32.3 Å². The Labute approximate surface area is 125 Å². The zero-order valence-electron chi connectivity index (χ0n) is 12.5. The van der Waals surface area contributed by atoms with E-state index in [-0.39, 0.29) is 18.2 Å². The monoisotopic (exact) mass is 293 g/mol. The number of nitrogens with one attached hydrogen (secondary N) is 1. The second-order valence-corrected chi connectivity index (χ2v) is 5.22. The molecule has 1 amide bonds. The summed E-state index contributed by atoms with van der Waals surface area (Å²) in [6.07, 6.45) is 0.142. The van der Waals surface area contributed by atoms with E-state index >= 15 is 0 Å². The number of amides is 1. The molecule has 0 saturated carbocycles. The lowest BCUT2D eigenvalue weighted by Gasteiger charge is -2.16. The van der Waals surface area contributed by atoms with E-state index < -0.39 is 12.1 Å². The summed E-state index contributed by atoms with van der Waals surface area (Å²) in [6, 6.07) is 9.66. The molecule has 0 aliphatic heterocycles. The number of aliphatic carboxylic acids is 1. The van der Waals surface area contributed by atoms with Gasteiger partial charge in [-0.15, -0.1) is 0 Å². The Morgan fingerprint density at radius 1 is 1.24 bits per heavy atom. The zero-order chi connectivity index (χ0) is 15.7. The minimum Gasteiger partial charge on any atom is -0.481 e. The standard InChI is InChI=1S/C16H23NO4/c1-12(8-9-15(18)19)10-17-16(20)13(2)21-11-14-6-4-3-5-7-14/h3-7,12-13H,8-11H2,1-2H3,(H,17,20)(H,18,19). The van der Waals surface area contributed by atoms with Crippen molar-refractivity contribution in [1.29, 1.82) is 0 Å². The molecule has 0 radical (unpaired) electrons. The first-order chi connectivity index (χ1) is 9.99. The van der Waals surface area contributed by atoms with Gasteiger partial charge in [-0.1, -0.05) is 37.3 Å². The lowest BCUT2D eigenvalue weighted by atomic mass is 10.1. The Morgan fingerprint density at radius 3 is 2.52 bits per heavy atom. The topological polar surface area (TPSA) is 75.6 Å². The number of carboxylic acids is 1. The highest BCUT2D eigenvalue weighted by Gasteiger charge is 2.14.